The maximum absolute atomic E-state index is 12.6. The molecule has 0 aromatic heterocycles. The van der Waals surface area contributed by atoms with Gasteiger partial charge in [-0.05, 0) is 49.8 Å². The first kappa shape index (κ1) is 21.3. The van der Waals surface area contributed by atoms with Crippen molar-refractivity contribution in [2.45, 2.75) is 13.8 Å². The lowest BCUT2D eigenvalue weighted by molar-refractivity contribution is -0.142. The molecule has 0 fully saturated rings. The number of carbonyl (C=O) groups is 2. The molecule has 0 bridgehead atoms. The van der Waals surface area contributed by atoms with Gasteiger partial charge in [-0.25, -0.2) is 10.4 Å². The SMILES string of the molecule is CCOC(=O)CNNC(=Nc1ccc(C)cc1)C(=O)/C=C/c1ccc(Cl)cc1. The lowest BCUT2D eigenvalue weighted by atomic mass is 10.2. The highest BCUT2D eigenvalue weighted by molar-refractivity contribution is 6.44. The van der Waals surface area contributed by atoms with Crippen molar-refractivity contribution in [1.82, 2.24) is 10.9 Å². The number of nitrogens with one attached hydrogen (secondary N) is 2. The number of amidine groups is 1. The molecule has 0 heterocycles. The van der Waals surface area contributed by atoms with E-state index in [1.165, 1.54) is 6.08 Å². The van der Waals surface area contributed by atoms with E-state index in [1.807, 2.05) is 19.1 Å². The number of benzene rings is 2. The third-order valence-electron chi connectivity index (χ3n) is 3.55. The van der Waals surface area contributed by atoms with Crippen molar-refractivity contribution in [1.29, 1.82) is 0 Å². The van der Waals surface area contributed by atoms with E-state index in [9.17, 15) is 9.59 Å². The highest BCUT2D eigenvalue weighted by Gasteiger charge is 2.10. The second kappa shape index (κ2) is 11.0. The number of nitrogens with zero attached hydrogens (tertiary/aromatic N) is 1. The molecule has 0 aliphatic rings. The van der Waals surface area contributed by atoms with Crippen molar-refractivity contribution in [3.05, 3.63) is 70.8 Å². The van der Waals surface area contributed by atoms with Gasteiger partial charge in [0.1, 0.15) is 6.54 Å². The van der Waals surface area contributed by atoms with Crippen LogP contribution in [0.3, 0.4) is 0 Å². The van der Waals surface area contributed by atoms with E-state index in [0.717, 1.165) is 11.1 Å². The minimum absolute atomic E-state index is 0.0540. The predicted octanol–water partition coefficient (Wildman–Crippen LogP) is 3.62. The minimum Gasteiger partial charge on any atom is -0.465 e. The average Bonchev–Trinajstić information content (AvgIpc) is 2.68. The topological polar surface area (TPSA) is 79.8 Å². The van der Waals surface area contributed by atoms with Crippen LogP contribution in [0.15, 0.2) is 59.6 Å². The van der Waals surface area contributed by atoms with Crippen LogP contribution in [-0.2, 0) is 14.3 Å². The quantitative estimate of drug-likeness (QED) is 0.233. The van der Waals surface area contributed by atoms with Crippen LogP contribution in [0.1, 0.15) is 18.1 Å². The van der Waals surface area contributed by atoms with Crippen LogP contribution in [0.2, 0.25) is 5.02 Å². The van der Waals surface area contributed by atoms with Gasteiger partial charge in [0, 0.05) is 5.02 Å². The number of aliphatic imine (C=N–C) groups is 1. The number of carbonyl (C=O) groups excluding carboxylic acids is 2. The Kier molecular flexibility index (Phi) is 8.39. The molecule has 0 saturated carbocycles. The van der Waals surface area contributed by atoms with E-state index in [4.69, 9.17) is 16.3 Å². The Morgan fingerprint density at radius 3 is 2.43 bits per heavy atom. The van der Waals surface area contributed by atoms with Crippen molar-refractivity contribution in [2.24, 2.45) is 4.99 Å². The summed E-state index contributed by atoms with van der Waals surface area (Å²) < 4.78 is 4.84. The largest absolute Gasteiger partial charge is 0.465 e. The lowest BCUT2D eigenvalue weighted by Crippen LogP contribution is -2.43. The van der Waals surface area contributed by atoms with E-state index in [1.54, 1.807) is 49.4 Å². The molecule has 0 saturated heterocycles. The molecule has 2 rings (SSSR count). The van der Waals surface area contributed by atoms with Gasteiger partial charge in [-0.1, -0.05) is 47.5 Å². The molecule has 0 atom stereocenters. The molecule has 0 radical (unpaired) electrons. The molecule has 0 amide bonds. The fourth-order valence-electron chi connectivity index (χ4n) is 2.13. The molecule has 6 nitrogen and oxygen atoms in total. The van der Waals surface area contributed by atoms with Crippen molar-refractivity contribution in [2.75, 3.05) is 13.2 Å². The minimum atomic E-state index is -0.436. The van der Waals surface area contributed by atoms with Gasteiger partial charge in [0.15, 0.2) is 5.84 Å². The Morgan fingerprint density at radius 2 is 1.79 bits per heavy atom. The monoisotopic (exact) mass is 399 g/mol. The third-order valence-corrected chi connectivity index (χ3v) is 3.80. The molecule has 2 aromatic rings. The second-order valence-corrected chi connectivity index (χ2v) is 6.27. The van der Waals surface area contributed by atoms with Gasteiger partial charge in [0.2, 0.25) is 5.78 Å². The summed E-state index contributed by atoms with van der Waals surface area (Å²) in [6.45, 7) is 3.87. The summed E-state index contributed by atoms with van der Waals surface area (Å²) in [5.41, 5.74) is 7.88. The Hall–Kier alpha value is -2.96. The van der Waals surface area contributed by atoms with Crippen LogP contribution in [0.4, 0.5) is 5.69 Å². The Labute approximate surface area is 169 Å². The molecule has 2 aromatic carbocycles. The Morgan fingerprint density at radius 1 is 1.11 bits per heavy atom. The first-order valence-electron chi connectivity index (χ1n) is 8.75. The lowest BCUT2D eigenvalue weighted by Gasteiger charge is -2.09. The number of esters is 1. The van der Waals surface area contributed by atoms with Crippen LogP contribution < -0.4 is 10.9 Å². The molecule has 146 valence electrons. The second-order valence-electron chi connectivity index (χ2n) is 5.83. The smallest absolute Gasteiger partial charge is 0.321 e. The van der Waals surface area contributed by atoms with E-state index in [0.29, 0.717) is 10.7 Å². The zero-order chi connectivity index (χ0) is 20.4. The Bertz CT molecular complexity index is 859. The molecule has 28 heavy (non-hydrogen) atoms. The zero-order valence-corrected chi connectivity index (χ0v) is 16.5. The number of halogens is 1. The summed E-state index contributed by atoms with van der Waals surface area (Å²) in [5, 5.41) is 0.620. The Balaban J connectivity index is 2.13. The van der Waals surface area contributed by atoms with Gasteiger partial charge in [-0.2, -0.15) is 0 Å². The predicted molar refractivity (Wildman–Crippen MR) is 112 cm³/mol. The molecular weight excluding hydrogens is 378 g/mol. The van der Waals surface area contributed by atoms with Crippen LogP contribution in [-0.4, -0.2) is 30.7 Å². The fraction of sp³-hybridized carbons (Fsp3) is 0.190. The van der Waals surface area contributed by atoms with Crippen LogP contribution in [0.5, 0.6) is 0 Å². The molecule has 0 spiro atoms. The normalized spacial score (nSPS) is 11.5. The van der Waals surface area contributed by atoms with E-state index < -0.39 is 5.97 Å². The number of aryl methyl sites for hydroxylation is 1. The maximum Gasteiger partial charge on any atom is 0.321 e. The number of hydrogen-bond donors (Lipinski definition) is 2. The van der Waals surface area contributed by atoms with Crippen LogP contribution in [0, 0.1) is 6.92 Å². The first-order valence-corrected chi connectivity index (χ1v) is 9.13. The molecular formula is C21H22ClN3O3. The van der Waals surface area contributed by atoms with E-state index in [2.05, 4.69) is 15.8 Å². The molecule has 2 N–H and O–H groups in total. The summed E-state index contributed by atoms with van der Waals surface area (Å²) >= 11 is 5.87. The van der Waals surface area contributed by atoms with Gasteiger partial charge in [0.25, 0.3) is 0 Å². The van der Waals surface area contributed by atoms with Gasteiger partial charge in [0.05, 0.1) is 12.3 Å². The van der Waals surface area contributed by atoms with Crippen molar-refractivity contribution in [3.63, 3.8) is 0 Å². The number of hydrazine groups is 1. The third kappa shape index (κ3) is 7.34. The number of hydrogen-bond acceptors (Lipinski definition) is 5. The van der Waals surface area contributed by atoms with Gasteiger partial charge in [-0.15, -0.1) is 0 Å². The van der Waals surface area contributed by atoms with Crippen molar-refractivity contribution in [3.8, 4) is 0 Å². The zero-order valence-electron chi connectivity index (χ0n) is 15.7. The molecule has 0 unspecified atom stereocenters. The fourth-order valence-corrected chi connectivity index (χ4v) is 2.26. The van der Waals surface area contributed by atoms with Crippen molar-refractivity contribution >= 4 is 41.0 Å². The summed E-state index contributed by atoms with van der Waals surface area (Å²) in [6, 6.07) is 14.5. The van der Waals surface area contributed by atoms with Crippen LogP contribution >= 0.6 is 11.6 Å². The van der Waals surface area contributed by atoms with Gasteiger partial charge in [-0.3, -0.25) is 9.59 Å². The van der Waals surface area contributed by atoms with Crippen molar-refractivity contribution < 1.29 is 14.3 Å². The van der Waals surface area contributed by atoms with Gasteiger partial charge >= 0.3 is 5.97 Å². The summed E-state index contributed by atoms with van der Waals surface area (Å²) in [5.74, 6) is -0.737. The number of rotatable bonds is 8. The maximum atomic E-state index is 12.6. The highest BCUT2D eigenvalue weighted by Crippen LogP contribution is 2.13. The number of ketones is 1. The average molecular weight is 400 g/mol. The van der Waals surface area contributed by atoms with E-state index in [-0.39, 0.29) is 24.8 Å². The molecule has 0 aliphatic heterocycles. The molecule has 7 heteroatoms. The first-order chi connectivity index (χ1) is 13.5. The van der Waals surface area contributed by atoms with Gasteiger partial charge < -0.3 is 10.2 Å². The summed E-state index contributed by atoms with van der Waals surface area (Å²) in [6.07, 6.45) is 3.06. The van der Waals surface area contributed by atoms with E-state index >= 15 is 0 Å². The summed E-state index contributed by atoms with van der Waals surface area (Å²) in [7, 11) is 0. The number of ether oxygens (including phenoxy) is 1. The highest BCUT2D eigenvalue weighted by atomic mass is 35.5. The summed E-state index contributed by atoms with van der Waals surface area (Å²) in [4.78, 5) is 28.4. The molecule has 0 aliphatic carbocycles. The standard InChI is InChI=1S/C21H22ClN3O3/c1-3-28-20(27)14-23-25-21(24-18-11-4-15(2)5-12-18)19(26)13-8-16-6-9-17(22)10-7-16/h4-13,23H,3,14H2,1-2H3,(H,24,25)/b13-8+. The van der Waals surface area contributed by atoms with Crippen LogP contribution in [0.25, 0.3) is 6.08 Å².